The molecule has 0 aromatic rings. The first-order chi connectivity index (χ1) is 25.3. The molecule has 1 heterocycles. The van der Waals surface area contributed by atoms with Gasteiger partial charge >= 0.3 is 11.9 Å². The topological polar surface area (TPSA) is 152 Å². The van der Waals surface area contributed by atoms with E-state index < -0.39 is 49.4 Å². The normalized spacial score (nSPS) is 21.2. The van der Waals surface area contributed by atoms with E-state index in [2.05, 4.69) is 38.2 Å². The second kappa shape index (κ2) is 33.7. The first-order valence-corrected chi connectivity index (χ1v) is 20.9. The molecule has 10 nitrogen and oxygen atoms in total. The van der Waals surface area contributed by atoms with Gasteiger partial charge in [0.2, 0.25) is 0 Å². The second-order valence-corrected chi connectivity index (χ2v) is 14.4. The quantitative estimate of drug-likeness (QED) is 0.0289. The zero-order valence-electron chi connectivity index (χ0n) is 32.8. The Hall–Kier alpha value is -1.82. The van der Waals surface area contributed by atoms with Gasteiger partial charge in [-0.3, -0.25) is 9.59 Å². The van der Waals surface area contributed by atoms with Crippen molar-refractivity contribution in [3.05, 3.63) is 24.3 Å². The Morgan fingerprint density at radius 2 is 1.08 bits per heavy atom. The minimum atomic E-state index is -1.59. The Kier molecular flexibility index (Phi) is 31.3. The van der Waals surface area contributed by atoms with Gasteiger partial charge in [0, 0.05) is 12.8 Å². The zero-order valence-corrected chi connectivity index (χ0v) is 32.8. The van der Waals surface area contributed by atoms with Gasteiger partial charge in [-0.05, 0) is 44.9 Å². The van der Waals surface area contributed by atoms with Crippen LogP contribution in [-0.4, -0.2) is 89.0 Å². The summed E-state index contributed by atoms with van der Waals surface area (Å²) in [6.07, 6.45) is 27.6. The Morgan fingerprint density at radius 3 is 1.63 bits per heavy atom. The van der Waals surface area contributed by atoms with E-state index in [1.165, 1.54) is 83.5 Å². The van der Waals surface area contributed by atoms with Crippen molar-refractivity contribution in [2.45, 2.75) is 211 Å². The minimum Gasteiger partial charge on any atom is -0.462 e. The number of allylic oxidation sites excluding steroid dienone is 4. The number of unbranched alkanes of at least 4 members (excludes halogenated alkanes) is 19. The minimum absolute atomic E-state index is 0.219. The lowest BCUT2D eigenvalue weighted by Gasteiger charge is -2.39. The number of hydrogen-bond donors (Lipinski definition) is 4. The number of esters is 2. The van der Waals surface area contributed by atoms with Crippen molar-refractivity contribution in [3.63, 3.8) is 0 Å². The molecule has 4 N–H and O–H groups in total. The summed E-state index contributed by atoms with van der Waals surface area (Å²) in [5, 5.41) is 39.9. The molecule has 0 aromatic carbocycles. The van der Waals surface area contributed by atoms with Gasteiger partial charge in [-0.15, -0.1) is 0 Å². The predicted molar refractivity (Wildman–Crippen MR) is 206 cm³/mol. The fourth-order valence-corrected chi connectivity index (χ4v) is 6.22. The summed E-state index contributed by atoms with van der Waals surface area (Å²) in [5.74, 6) is -0.814. The van der Waals surface area contributed by atoms with Gasteiger partial charge < -0.3 is 39.4 Å². The molecule has 0 aliphatic carbocycles. The van der Waals surface area contributed by atoms with Crippen molar-refractivity contribution in [2.24, 2.45) is 0 Å². The maximum Gasteiger partial charge on any atom is 0.306 e. The maximum absolute atomic E-state index is 12.7. The number of carbonyl (C=O) groups is 2. The van der Waals surface area contributed by atoms with Crippen molar-refractivity contribution in [3.8, 4) is 0 Å². The molecule has 0 amide bonds. The fourth-order valence-electron chi connectivity index (χ4n) is 6.22. The highest BCUT2D eigenvalue weighted by Gasteiger charge is 2.44. The number of rotatable bonds is 34. The average Bonchev–Trinajstić information content (AvgIpc) is 3.14. The molecule has 0 radical (unpaired) electrons. The van der Waals surface area contributed by atoms with Crippen LogP contribution in [0.25, 0.3) is 0 Å². The van der Waals surface area contributed by atoms with Crippen LogP contribution in [0.2, 0.25) is 0 Å². The largest absolute Gasteiger partial charge is 0.462 e. The van der Waals surface area contributed by atoms with E-state index in [1.807, 2.05) is 0 Å². The molecule has 1 saturated heterocycles. The summed E-state index contributed by atoms with van der Waals surface area (Å²) in [7, 11) is 0. The van der Waals surface area contributed by atoms with E-state index >= 15 is 0 Å². The monoisotopic (exact) mass is 741 g/mol. The first kappa shape index (κ1) is 48.2. The Bertz CT molecular complexity index is 907. The van der Waals surface area contributed by atoms with Crippen molar-refractivity contribution in [1.82, 2.24) is 0 Å². The lowest BCUT2D eigenvalue weighted by Crippen LogP contribution is -2.59. The number of hydrogen-bond acceptors (Lipinski definition) is 10. The summed E-state index contributed by atoms with van der Waals surface area (Å²) in [6.45, 7) is 3.37. The zero-order chi connectivity index (χ0) is 38.1. The Balaban J connectivity index is 2.34. The molecule has 0 bridgehead atoms. The van der Waals surface area contributed by atoms with Gasteiger partial charge in [0.25, 0.3) is 0 Å². The first-order valence-electron chi connectivity index (χ1n) is 20.9. The van der Waals surface area contributed by atoms with Crippen molar-refractivity contribution in [1.29, 1.82) is 0 Å². The summed E-state index contributed by atoms with van der Waals surface area (Å²) < 4.78 is 22.1. The maximum atomic E-state index is 12.7. The molecule has 1 fully saturated rings. The summed E-state index contributed by atoms with van der Waals surface area (Å²) >= 11 is 0. The van der Waals surface area contributed by atoms with Crippen LogP contribution in [0.15, 0.2) is 24.3 Å². The van der Waals surface area contributed by atoms with Gasteiger partial charge in [-0.1, -0.05) is 141 Å². The summed E-state index contributed by atoms with van der Waals surface area (Å²) in [4.78, 5) is 25.2. The highest BCUT2D eigenvalue weighted by atomic mass is 16.7. The average molecular weight is 741 g/mol. The van der Waals surface area contributed by atoms with Crippen molar-refractivity contribution < 1.29 is 49.0 Å². The molecule has 0 spiro atoms. The van der Waals surface area contributed by atoms with Crippen LogP contribution in [0.3, 0.4) is 0 Å². The molecular formula is C42H76O10. The molecule has 6 atom stereocenters. The Morgan fingerprint density at radius 1 is 0.596 bits per heavy atom. The smallest absolute Gasteiger partial charge is 0.306 e. The van der Waals surface area contributed by atoms with Crippen molar-refractivity contribution in [2.75, 3.05) is 19.8 Å². The third kappa shape index (κ3) is 25.2. The number of carbonyl (C=O) groups excluding carboxylic acids is 2. The molecular weight excluding hydrogens is 664 g/mol. The molecule has 1 rings (SSSR count). The van der Waals surface area contributed by atoms with E-state index in [0.717, 1.165) is 57.8 Å². The van der Waals surface area contributed by atoms with Crippen LogP contribution < -0.4 is 0 Å². The SMILES string of the molecule is CCCCC/C=C/C/C=C/CCCCCCCCCC(=O)OC[C@@H](CO[C@H]1O[C@@H](CO)[C@@H](O)C(O)C1O)OC(=O)CCCCCCCCCCCC. The fraction of sp³-hybridized carbons (Fsp3) is 0.857. The summed E-state index contributed by atoms with van der Waals surface area (Å²) in [5.41, 5.74) is 0. The van der Waals surface area contributed by atoms with Gasteiger partial charge in [0.1, 0.15) is 31.0 Å². The van der Waals surface area contributed by atoms with E-state index in [9.17, 15) is 30.0 Å². The molecule has 0 saturated carbocycles. The van der Waals surface area contributed by atoms with Gasteiger partial charge in [-0.2, -0.15) is 0 Å². The molecule has 1 aliphatic heterocycles. The van der Waals surface area contributed by atoms with Crippen LogP contribution in [0.4, 0.5) is 0 Å². The van der Waals surface area contributed by atoms with E-state index in [4.69, 9.17) is 18.9 Å². The van der Waals surface area contributed by atoms with E-state index in [0.29, 0.717) is 6.42 Å². The third-order valence-electron chi connectivity index (χ3n) is 9.59. The molecule has 52 heavy (non-hydrogen) atoms. The van der Waals surface area contributed by atoms with E-state index in [1.54, 1.807) is 0 Å². The van der Waals surface area contributed by atoms with Gasteiger partial charge in [-0.25, -0.2) is 0 Å². The van der Waals surface area contributed by atoms with Gasteiger partial charge in [0.05, 0.1) is 13.2 Å². The van der Waals surface area contributed by atoms with Crippen LogP contribution >= 0.6 is 0 Å². The Labute approximate surface area is 315 Å². The number of aliphatic hydroxyl groups is 4. The molecule has 304 valence electrons. The lowest BCUT2D eigenvalue weighted by atomic mass is 9.99. The van der Waals surface area contributed by atoms with Crippen LogP contribution in [-0.2, 0) is 28.5 Å². The molecule has 0 aromatic heterocycles. The lowest BCUT2D eigenvalue weighted by molar-refractivity contribution is -0.305. The highest BCUT2D eigenvalue weighted by molar-refractivity contribution is 5.70. The summed E-state index contributed by atoms with van der Waals surface area (Å²) in [6, 6.07) is 0. The third-order valence-corrected chi connectivity index (χ3v) is 9.59. The van der Waals surface area contributed by atoms with E-state index in [-0.39, 0.29) is 32.0 Å². The van der Waals surface area contributed by atoms with Crippen LogP contribution in [0.1, 0.15) is 174 Å². The van der Waals surface area contributed by atoms with Crippen LogP contribution in [0, 0.1) is 0 Å². The molecule has 1 aliphatic rings. The molecule has 10 heteroatoms. The van der Waals surface area contributed by atoms with Crippen molar-refractivity contribution >= 4 is 11.9 Å². The van der Waals surface area contributed by atoms with Gasteiger partial charge in [0.15, 0.2) is 12.4 Å². The second-order valence-electron chi connectivity index (χ2n) is 14.4. The predicted octanol–water partition coefficient (Wildman–Crippen LogP) is 8.16. The molecule has 2 unspecified atom stereocenters. The number of ether oxygens (including phenoxy) is 4. The highest BCUT2D eigenvalue weighted by Crippen LogP contribution is 2.22. The van der Waals surface area contributed by atoms with Crippen LogP contribution in [0.5, 0.6) is 0 Å². The standard InChI is InChI=1S/C42H76O10/c1-3-5-7-9-11-13-15-16-17-18-19-20-21-23-24-26-28-30-37(44)49-33-35(34-50-42-41(48)40(47)39(46)36(32-43)52-42)51-38(45)31-29-27-25-22-14-12-10-8-6-4-2/h11,13,16-17,35-36,39-43,46-48H,3-10,12,14-15,18-34H2,1-2H3/b13-11+,17-16+/t35-,36-,39+,40?,41?,42-/m0/s1. The number of aliphatic hydroxyl groups excluding tert-OH is 4.